The molecule has 0 radical (unpaired) electrons. The van der Waals surface area contributed by atoms with Gasteiger partial charge in [0.1, 0.15) is 23.7 Å². The summed E-state index contributed by atoms with van der Waals surface area (Å²) in [7, 11) is 0. The minimum absolute atomic E-state index is 0.235. The molecule has 0 aliphatic rings. The van der Waals surface area contributed by atoms with E-state index in [1.165, 1.54) is 59.4 Å². The van der Waals surface area contributed by atoms with Crippen LogP contribution in [0.25, 0.3) is 16.6 Å². The van der Waals surface area contributed by atoms with Crippen LogP contribution in [0.5, 0.6) is 0 Å². The van der Waals surface area contributed by atoms with E-state index >= 15 is 0 Å². The summed E-state index contributed by atoms with van der Waals surface area (Å²) in [6.07, 6.45) is 1.51. The fourth-order valence-corrected chi connectivity index (χ4v) is 2.98. The van der Waals surface area contributed by atoms with Gasteiger partial charge in [0.15, 0.2) is 0 Å². The molecule has 29 heavy (non-hydrogen) atoms. The first-order chi connectivity index (χ1) is 13.9. The Labute approximate surface area is 163 Å². The van der Waals surface area contributed by atoms with Gasteiger partial charge >= 0.3 is 0 Å². The van der Waals surface area contributed by atoms with Crippen LogP contribution in [0.4, 0.5) is 14.5 Å². The number of benzene rings is 2. The second-order valence-corrected chi connectivity index (χ2v) is 6.40. The number of nitrogens with one attached hydrogen (secondary N) is 1. The Morgan fingerprint density at radius 3 is 2.31 bits per heavy atom. The number of aryl methyl sites for hydroxylation is 1. The van der Waals surface area contributed by atoms with Crippen molar-refractivity contribution in [2.24, 2.45) is 0 Å². The summed E-state index contributed by atoms with van der Waals surface area (Å²) in [6, 6.07) is 10.8. The maximum atomic E-state index is 13.2. The molecule has 0 atom stereocenters. The first-order valence-corrected chi connectivity index (χ1v) is 8.69. The molecule has 2 heterocycles. The zero-order chi connectivity index (χ0) is 20.5. The minimum atomic E-state index is -0.512. The van der Waals surface area contributed by atoms with Crippen LogP contribution in [0, 0.1) is 18.6 Å². The van der Waals surface area contributed by atoms with Crippen LogP contribution in [-0.4, -0.2) is 25.5 Å². The number of carbonyl (C=O) groups excluding carboxylic acids is 1. The molecule has 4 rings (SSSR count). The van der Waals surface area contributed by atoms with E-state index in [2.05, 4.69) is 15.5 Å². The molecule has 146 valence electrons. The fraction of sp³-hybridized carbons (Fsp3) is 0.100. The second kappa shape index (κ2) is 7.27. The highest BCUT2D eigenvalue weighted by molar-refractivity contribution is 5.90. The molecule has 7 nitrogen and oxygen atoms in total. The molecule has 4 aromatic rings. The summed E-state index contributed by atoms with van der Waals surface area (Å²) >= 11 is 0. The standard InChI is InChI=1S/C20H15F2N5O2/c1-12-17-10-23-27(16-8-4-14(22)5-9-16)19(17)20(29)26(25-12)11-18(28)24-15-6-2-13(21)3-7-15/h2-10H,11H2,1H3,(H,24,28). The van der Waals surface area contributed by atoms with Crippen LogP contribution >= 0.6 is 0 Å². The molecule has 0 fully saturated rings. The molecular formula is C20H15F2N5O2. The number of amides is 1. The van der Waals surface area contributed by atoms with Gasteiger partial charge in [0.05, 0.1) is 17.6 Å². The Morgan fingerprint density at radius 1 is 1.03 bits per heavy atom. The highest BCUT2D eigenvalue weighted by Gasteiger charge is 2.16. The first kappa shape index (κ1) is 18.5. The second-order valence-electron chi connectivity index (χ2n) is 6.40. The van der Waals surface area contributed by atoms with Gasteiger partial charge in [-0.15, -0.1) is 0 Å². The third-order valence-corrected chi connectivity index (χ3v) is 4.36. The highest BCUT2D eigenvalue weighted by atomic mass is 19.1. The summed E-state index contributed by atoms with van der Waals surface area (Å²) in [5.74, 6) is -1.31. The molecule has 1 N–H and O–H groups in total. The van der Waals surface area contributed by atoms with Crippen molar-refractivity contribution >= 4 is 22.5 Å². The van der Waals surface area contributed by atoms with Crippen molar-refractivity contribution in [3.63, 3.8) is 0 Å². The topological polar surface area (TPSA) is 81.8 Å². The SMILES string of the molecule is Cc1nn(CC(=O)Nc2ccc(F)cc2)c(=O)c2c1cnn2-c1ccc(F)cc1. The lowest BCUT2D eigenvalue weighted by molar-refractivity contribution is -0.117. The number of aromatic nitrogens is 4. The van der Waals surface area contributed by atoms with Crippen LogP contribution in [0.3, 0.4) is 0 Å². The number of halogens is 2. The van der Waals surface area contributed by atoms with Crippen LogP contribution in [0.1, 0.15) is 5.69 Å². The van der Waals surface area contributed by atoms with Crippen LogP contribution < -0.4 is 10.9 Å². The van der Waals surface area contributed by atoms with Crippen molar-refractivity contribution in [1.29, 1.82) is 0 Å². The first-order valence-electron chi connectivity index (χ1n) is 8.69. The summed E-state index contributed by atoms with van der Waals surface area (Å²) < 4.78 is 28.6. The Morgan fingerprint density at radius 2 is 1.66 bits per heavy atom. The molecule has 2 aromatic carbocycles. The summed E-state index contributed by atoms with van der Waals surface area (Å²) in [6.45, 7) is 1.37. The van der Waals surface area contributed by atoms with E-state index in [1.54, 1.807) is 6.92 Å². The van der Waals surface area contributed by atoms with Crippen LogP contribution in [-0.2, 0) is 11.3 Å². The van der Waals surface area contributed by atoms with E-state index in [-0.39, 0.29) is 12.1 Å². The summed E-state index contributed by atoms with van der Waals surface area (Å²) in [5, 5.41) is 11.5. The van der Waals surface area contributed by atoms with Gasteiger partial charge in [-0.1, -0.05) is 0 Å². The third-order valence-electron chi connectivity index (χ3n) is 4.36. The Kier molecular flexibility index (Phi) is 4.63. The molecule has 2 aromatic heterocycles. The molecule has 0 aliphatic heterocycles. The smallest absolute Gasteiger partial charge is 0.293 e. The van der Waals surface area contributed by atoms with Gasteiger partial charge in [-0.05, 0) is 55.5 Å². The average Bonchev–Trinajstić information content (AvgIpc) is 3.14. The molecule has 0 unspecified atom stereocenters. The van der Waals surface area contributed by atoms with Gasteiger partial charge in [-0.3, -0.25) is 9.59 Å². The minimum Gasteiger partial charge on any atom is -0.324 e. The quantitative estimate of drug-likeness (QED) is 0.576. The lowest BCUT2D eigenvalue weighted by Crippen LogP contribution is -2.31. The number of anilines is 1. The van der Waals surface area contributed by atoms with Gasteiger partial charge in [-0.2, -0.15) is 10.2 Å². The monoisotopic (exact) mass is 395 g/mol. The number of fused-ring (bicyclic) bond motifs is 1. The molecule has 0 bridgehead atoms. The molecule has 0 aliphatic carbocycles. The van der Waals surface area contributed by atoms with E-state index in [1.807, 2.05) is 0 Å². The third kappa shape index (κ3) is 3.62. The van der Waals surface area contributed by atoms with Crippen molar-refractivity contribution in [3.8, 4) is 5.69 Å². The molecule has 0 saturated carbocycles. The van der Waals surface area contributed by atoms with E-state index in [0.717, 1.165) is 4.68 Å². The number of hydrogen-bond donors (Lipinski definition) is 1. The van der Waals surface area contributed by atoms with E-state index in [9.17, 15) is 18.4 Å². The Balaban J connectivity index is 1.70. The van der Waals surface area contributed by atoms with E-state index in [4.69, 9.17) is 0 Å². The normalized spacial score (nSPS) is 11.0. The maximum absolute atomic E-state index is 13.2. The Bertz CT molecular complexity index is 1260. The van der Waals surface area contributed by atoms with Crippen LogP contribution in [0.2, 0.25) is 0 Å². The zero-order valence-electron chi connectivity index (χ0n) is 15.3. The van der Waals surface area contributed by atoms with Crippen molar-refractivity contribution in [2.45, 2.75) is 13.5 Å². The zero-order valence-corrected chi connectivity index (χ0v) is 15.3. The van der Waals surface area contributed by atoms with Crippen molar-refractivity contribution < 1.29 is 13.6 Å². The lowest BCUT2D eigenvalue weighted by Gasteiger charge is -2.09. The molecule has 0 saturated heterocycles. The van der Waals surface area contributed by atoms with Gasteiger partial charge in [-0.25, -0.2) is 18.1 Å². The lowest BCUT2D eigenvalue weighted by atomic mass is 10.2. The van der Waals surface area contributed by atoms with E-state index < -0.39 is 23.1 Å². The van der Waals surface area contributed by atoms with E-state index in [0.29, 0.717) is 22.5 Å². The fourth-order valence-electron chi connectivity index (χ4n) is 2.98. The predicted octanol–water partition coefficient (Wildman–Crippen LogP) is 2.81. The van der Waals surface area contributed by atoms with Gasteiger partial charge in [0.25, 0.3) is 5.56 Å². The molecule has 1 amide bonds. The van der Waals surface area contributed by atoms with Crippen LogP contribution in [0.15, 0.2) is 59.5 Å². The number of hydrogen-bond acceptors (Lipinski definition) is 4. The van der Waals surface area contributed by atoms with Crippen molar-refractivity contribution in [1.82, 2.24) is 19.6 Å². The molecular weight excluding hydrogens is 380 g/mol. The number of carbonyl (C=O) groups is 1. The summed E-state index contributed by atoms with van der Waals surface area (Å²) in [4.78, 5) is 25.3. The summed E-state index contributed by atoms with van der Waals surface area (Å²) in [5.41, 5.74) is 1.15. The maximum Gasteiger partial charge on any atom is 0.293 e. The Hall–Kier alpha value is -3.88. The molecule has 9 heteroatoms. The largest absolute Gasteiger partial charge is 0.324 e. The molecule has 0 spiro atoms. The predicted molar refractivity (Wildman–Crippen MR) is 103 cm³/mol. The van der Waals surface area contributed by atoms with Gasteiger partial charge in [0, 0.05) is 11.1 Å². The average molecular weight is 395 g/mol. The number of rotatable bonds is 4. The van der Waals surface area contributed by atoms with Gasteiger partial charge in [0.2, 0.25) is 5.91 Å². The highest BCUT2D eigenvalue weighted by Crippen LogP contribution is 2.17. The number of nitrogens with zero attached hydrogens (tertiary/aromatic N) is 4. The van der Waals surface area contributed by atoms with Crippen molar-refractivity contribution in [2.75, 3.05) is 5.32 Å². The van der Waals surface area contributed by atoms with Gasteiger partial charge < -0.3 is 5.32 Å². The van der Waals surface area contributed by atoms with Crippen molar-refractivity contribution in [3.05, 3.63) is 82.4 Å².